The average molecular weight is 233 g/mol. The summed E-state index contributed by atoms with van der Waals surface area (Å²) < 4.78 is 5.38. The molecule has 0 aliphatic carbocycles. The first-order valence-electron chi connectivity index (χ1n) is 4.17. The molecule has 0 saturated heterocycles. The molecule has 7 heteroatoms. The van der Waals surface area contributed by atoms with Crippen LogP contribution in [0.2, 0.25) is 0 Å². The zero-order valence-electron chi connectivity index (χ0n) is 7.70. The summed E-state index contributed by atoms with van der Waals surface area (Å²) in [5.74, 6) is -0.209. The third-order valence-corrected chi connectivity index (χ3v) is 2.40. The minimum absolute atomic E-state index is 0.209. The maximum Gasteiger partial charge on any atom is 0.307 e. The van der Waals surface area contributed by atoms with E-state index in [1.54, 1.807) is 6.92 Å². The number of carbonyl (C=O) groups is 1. The summed E-state index contributed by atoms with van der Waals surface area (Å²) in [7, 11) is 0. The number of nitrogens with zero attached hydrogens (tertiary/aromatic N) is 1. The fourth-order valence-electron chi connectivity index (χ4n) is 0.810. The van der Waals surface area contributed by atoms with Crippen molar-refractivity contribution in [3.63, 3.8) is 0 Å². The van der Waals surface area contributed by atoms with Gasteiger partial charge in [0.1, 0.15) is 0 Å². The second-order valence-corrected chi connectivity index (χ2v) is 4.07. The van der Waals surface area contributed by atoms with Gasteiger partial charge in [-0.1, -0.05) is 11.3 Å². The lowest BCUT2D eigenvalue weighted by Crippen LogP contribution is -2.11. The third kappa shape index (κ3) is 3.84. The van der Waals surface area contributed by atoms with Crippen LogP contribution in [0.4, 0.5) is 5.13 Å². The lowest BCUT2D eigenvalue weighted by atomic mass is 10.4. The van der Waals surface area contributed by atoms with Gasteiger partial charge in [0.2, 0.25) is 5.13 Å². The Morgan fingerprint density at radius 3 is 3.14 bits per heavy atom. The number of H-pyrrole nitrogens is 1. The van der Waals surface area contributed by atoms with Gasteiger partial charge in [-0.15, -0.1) is 5.10 Å². The normalized spacial score (nSPS) is 9.79. The number of hydrogen-bond acceptors (Lipinski definition) is 6. The Hall–Kier alpha value is -0.950. The van der Waals surface area contributed by atoms with Gasteiger partial charge in [0.25, 0.3) is 0 Å². The summed E-state index contributed by atoms with van der Waals surface area (Å²) in [6, 6.07) is 0. The van der Waals surface area contributed by atoms with Crippen molar-refractivity contribution in [2.24, 2.45) is 0 Å². The minimum atomic E-state index is -0.209. The number of aromatic amines is 1. The zero-order chi connectivity index (χ0) is 10.4. The molecule has 0 unspecified atom stereocenters. The molecule has 78 valence electrons. The van der Waals surface area contributed by atoms with Gasteiger partial charge in [-0.25, -0.2) is 0 Å². The summed E-state index contributed by atoms with van der Waals surface area (Å²) in [5, 5.41) is 10.2. The summed E-state index contributed by atoms with van der Waals surface area (Å²) in [6.07, 6.45) is 0.334. The molecule has 1 heterocycles. The number of aromatic nitrogens is 2. The molecule has 0 spiro atoms. The molecule has 1 rings (SSSR count). The summed E-state index contributed by atoms with van der Waals surface area (Å²) in [5.41, 5.74) is 0. The maximum absolute atomic E-state index is 10.9. The molecule has 0 atom stereocenters. The van der Waals surface area contributed by atoms with E-state index in [4.69, 9.17) is 17.0 Å². The van der Waals surface area contributed by atoms with Crippen LogP contribution < -0.4 is 5.32 Å². The second-order valence-electron chi connectivity index (χ2n) is 2.40. The van der Waals surface area contributed by atoms with Gasteiger partial charge in [0.15, 0.2) is 3.95 Å². The Labute approximate surface area is 90.5 Å². The third-order valence-electron chi connectivity index (χ3n) is 1.35. The van der Waals surface area contributed by atoms with Crippen molar-refractivity contribution >= 4 is 34.7 Å². The van der Waals surface area contributed by atoms with E-state index in [1.807, 2.05) is 0 Å². The summed E-state index contributed by atoms with van der Waals surface area (Å²) >= 11 is 6.18. The molecule has 14 heavy (non-hydrogen) atoms. The standard InChI is InChI=1S/C7H11N3O2S2/c1-2-12-5(11)3-4-8-6-9-10-7(13)14-6/h2-4H2,1H3,(H,8,9)(H,10,13). The van der Waals surface area contributed by atoms with Crippen LogP contribution in [0, 0.1) is 3.95 Å². The van der Waals surface area contributed by atoms with E-state index in [0.717, 1.165) is 0 Å². The number of ether oxygens (including phenoxy) is 1. The largest absolute Gasteiger partial charge is 0.466 e. The number of hydrogen-bond donors (Lipinski definition) is 2. The van der Waals surface area contributed by atoms with Crippen molar-refractivity contribution in [1.82, 2.24) is 10.2 Å². The predicted molar refractivity (Wildman–Crippen MR) is 57.0 cm³/mol. The van der Waals surface area contributed by atoms with E-state index < -0.39 is 0 Å². The van der Waals surface area contributed by atoms with Crippen molar-refractivity contribution in [3.8, 4) is 0 Å². The van der Waals surface area contributed by atoms with Gasteiger partial charge in [0.05, 0.1) is 13.0 Å². The van der Waals surface area contributed by atoms with Gasteiger partial charge >= 0.3 is 5.97 Å². The molecule has 1 aromatic rings. The molecule has 0 saturated carbocycles. The molecule has 0 fully saturated rings. The highest BCUT2D eigenvalue weighted by Gasteiger charge is 2.01. The maximum atomic E-state index is 10.9. The molecular formula is C7H11N3O2S2. The van der Waals surface area contributed by atoms with E-state index in [0.29, 0.717) is 28.7 Å². The molecule has 1 aromatic heterocycles. The molecule has 0 aliphatic rings. The fourth-order valence-corrected chi connectivity index (χ4v) is 1.62. The number of nitrogens with one attached hydrogen (secondary N) is 2. The Morgan fingerprint density at radius 2 is 2.57 bits per heavy atom. The number of esters is 1. The number of anilines is 1. The van der Waals surface area contributed by atoms with Gasteiger partial charge in [0, 0.05) is 6.54 Å². The van der Waals surface area contributed by atoms with Gasteiger partial charge in [-0.3, -0.25) is 9.89 Å². The molecule has 0 radical (unpaired) electrons. The molecule has 2 N–H and O–H groups in total. The van der Waals surface area contributed by atoms with Crippen LogP contribution in [0.3, 0.4) is 0 Å². The number of rotatable bonds is 5. The highest BCUT2D eigenvalue weighted by molar-refractivity contribution is 7.73. The minimum Gasteiger partial charge on any atom is -0.466 e. The molecular weight excluding hydrogens is 222 g/mol. The zero-order valence-corrected chi connectivity index (χ0v) is 9.33. The van der Waals surface area contributed by atoms with Crippen molar-refractivity contribution < 1.29 is 9.53 Å². The van der Waals surface area contributed by atoms with Crippen molar-refractivity contribution in [2.45, 2.75) is 13.3 Å². The first-order chi connectivity index (χ1) is 6.72. The van der Waals surface area contributed by atoms with E-state index in [1.165, 1.54) is 11.3 Å². The highest BCUT2D eigenvalue weighted by Crippen LogP contribution is 2.10. The SMILES string of the molecule is CCOC(=O)CCNc1n[nH]c(=S)s1. The molecule has 0 amide bonds. The first-order valence-corrected chi connectivity index (χ1v) is 5.40. The van der Waals surface area contributed by atoms with Crippen molar-refractivity contribution in [2.75, 3.05) is 18.5 Å². The smallest absolute Gasteiger partial charge is 0.307 e. The predicted octanol–water partition coefficient (Wildman–Crippen LogP) is 1.57. The van der Waals surface area contributed by atoms with Gasteiger partial charge in [-0.05, 0) is 19.1 Å². The van der Waals surface area contributed by atoms with Crippen LogP contribution >= 0.6 is 23.6 Å². The Balaban J connectivity index is 2.22. The van der Waals surface area contributed by atoms with E-state index in [-0.39, 0.29) is 5.97 Å². The first kappa shape index (κ1) is 11.1. The second kappa shape index (κ2) is 5.71. The van der Waals surface area contributed by atoms with Gasteiger partial charge < -0.3 is 10.1 Å². The lowest BCUT2D eigenvalue weighted by molar-refractivity contribution is -0.142. The van der Waals surface area contributed by atoms with Crippen LogP contribution in [0.15, 0.2) is 0 Å². The number of carbonyl (C=O) groups excluding carboxylic acids is 1. The topological polar surface area (TPSA) is 67.0 Å². The lowest BCUT2D eigenvalue weighted by Gasteiger charge is -2.01. The quantitative estimate of drug-likeness (QED) is 0.597. The van der Waals surface area contributed by atoms with Crippen LogP contribution in [-0.2, 0) is 9.53 Å². The Morgan fingerprint density at radius 1 is 1.79 bits per heavy atom. The van der Waals surface area contributed by atoms with Crippen molar-refractivity contribution in [1.29, 1.82) is 0 Å². The summed E-state index contributed by atoms with van der Waals surface area (Å²) in [4.78, 5) is 10.9. The Bertz CT molecular complexity index is 347. The van der Waals surface area contributed by atoms with Crippen LogP contribution in [-0.4, -0.2) is 29.3 Å². The average Bonchev–Trinajstić information content (AvgIpc) is 2.52. The monoisotopic (exact) mass is 233 g/mol. The molecule has 0 bridgehead atoms. The molecule has 5 nitrogen and oxygen atoms in total. The Kier molecular flexibility index (Phi) is 4.54. The van der Waals surface area contributed by atoms with E-state index in [2.05, 4.69) is 15.5 Å². The van der Waals surface area contributed by atoms with Crippen LogP contribution in [0.5, 0.6) is 0 Å². The van der Waals surface area contributed by atoms with Crippen LogP contribution in [0.1, 0.15) is 13.3 Å². The van der Waals surface area contributed by atoms with E-state index >= 15 is 0 Å². The summed E-state index contributed by atoms with van der Waals surface area (Å²) in [6.45, 7) is 2.71. The van der Waals surface area contributed by atoms with E-state index in [9.17, 15) is 4.79 Å². The molecule has 0 aliphatic heterocycles. The highest BCUT2D eigenvalue weighted by atomic mass is 32.1. The van der Waals surface area contributed by atoms with Crippen molar-refractivity contribution in [3.05, 3.63) is 3.95 Å². The molecule has 0 aromatic carbocycles. The fraction of sp³-hybridized carbons (Fsp3) is 0.571. The van der Waals surface area contributed by atoms with Crippen LogP contribution in [0.25, 0.3) is 0 Å². The van der Waals surface area contributed by atoms with Gasteiger partial charge in [-0.2, -0.15) is 0 Å².